The Morgan fingerprint density at radius 2 is 1.73 bits per heavy atom. The minimum atomic E-state index is -3.81. The van der Waals surface area contributed by atoms with Crippen LogP contribution in [0.2, 0.25) is 0 Å². The number of hydrogen-bond donors (Lipinski definition) is 1. The van der Waals surface area contributed by atoms with Crippen molar-refractivity contribution in [3.05, 3.63) is 72.4 Å². The third-order valence-corrected chi connectivity index (χ3v) is 6.46. The summed E-state index contributed by atoms with van der Waals surface area (Å²) in [5.41, 5.74) is 1.49. The van der Waals surface area contributed by atoms with Crippen LogP contribution in [-0.4, -0.2) is 30.7 Å². The third-order valence-electron chi connectivity index (χ3n) is 4.62. The maximum atomic E-state index is 13.3. The highest BCUT2D eigenvalue weighted by molar-refractivity contribution is 7.92. The van der Waals surface area contributed by atoms with Gasteiger partial charge in [0.05, 0.1) is 16.8 Å². The highest BCUT2D eigenvalue weighted by Gasteiger charge is 2.25. The van der Waals surface area contributed by atoms with Crippen LogP contribution in [0.5, 0.6) is 0 Å². The molecule has 0 unspecified atom stereocenters. The molecule has 0 fully saturated rings. The normalized spacial score (nSPS) is 11.5. The highest BCUT2D eigenvalue weighted by Crippen LogP contribution is 2.24. The first-order valence-corrected chi connectivity index (χ1v) is 11.2. The lowest BCUT2D eigenvalue weighted by Gasteiger charge is -2.24. The molecule has 0 saturated carbocycles. The van der Waals surface area contributed by atoms with E-state index in [0.717, 1.165) is 5.56 Å². The number of carbonyl (C=O) groups is 1. The zero-order valence-corrected chi connectivity index (χ0v) is 18.1. The number of carbonyl (C=O) groups excluding carboxylic acids is 1. The van der Waals surface area contributed by atoms with Gasteiger partial charge in [-0.25, -0.2) is 13.1 Å². The van der Waals surface area contributed by atoms with E-state index in [2.05, 4.69) is 10.4 Å². The molecule has 0 aliphatic rings. The Hall–Kier alpha value is -3.13. The lowest BCUT2D eigenvalue weighted by Crippen LogP contribution is -2.34. The number of amides is 1. The van der Waals surface area contributed by atoms with Crippen LogP contribution in [-0.2, 0) is 14.8 Å². The molecule has 7 nitrogen and oxygen atoms in total. The molecule has 1 aromatic heterocycles. The Kier molecular flexibility index (Phi) is 6.56. The van der Waals surface area contributed by atoms with Crippen LogP contribution < -0.4 is 9.62 Å². The number of sulfonamides is 1. The van der Waals surface area contributed by atoms with E-state index >= 15 is 0 Å². The second-order valence-corrected chi connectivity index (χ2v) is 9.14. The van der Waals surface area contributed by atoms with E-state index in [-0.39, 0.29) is 29.8 Å². The number of nitrogens with zero attached hydrogens (tertiary/aromatic N) is 3. The number of rotatable bonds is 8. The Bertz CT molecular complexity index is 1090. The van der Waals surface area contributed by atoms with E-state index in [4.69, 9.17) is 0 Å². The number of aromatic nitrogens is 2. The maximum Gasteiger partial charge on any atom is 0.264 e. The number of hydrogen-bond acceptors (Lipinski definition) is 4. The van der Waals surface area contributed by atoms with E-state index in [1.165, 1.54) is 4.31 Å². The second-order valence-electron chi connectivity index (χ2n) is 7.28. The van der Waals surface area contributed by atoms with Crippen LogP contribution in [0.25, 0.3) is 0 Å². The second kappa shape index (κ2) is 9.13. The quantitative estimate of drug-likeness (QED) is 0.590. The van der Waals surface area contributed by atoms with E-state index in [1.807, 2.05) is 26.8 Å². The highest BCUT2D eigenvalue weighted by atomic mass is 32.2. The number of benzene rings is 2. The van der Waals surface area contributed by atoms with Crippen molar-refractivity contribution in [2.24, 2.45) is 0 Å². The van der Waals surface area contributed by atoms with Crippen molar-refractivity contribution in [1.29, 1.82) is 0 Å². The van der Waals surface area contributed by atoms with E-state index in [0.29, 0.717) is 11.5 Å². The molecule has 1 amide bonds. The van der Waals surface area contributed by atoms with Gasteiger partial charge in [0.1, 0.15) is 5.82 Å². The number of aryl methyl sites for hydroxylation is 1. The van der Waals surface area contributed by atoms with E-state index in [9.17, 15) is 13.2 Å². The summed E-state index contributed by atoms with van der Waals surface area (Å²) >= 11 is 0. The van der Waals surface area contributed by atoms with Gasteiger partial charge in [0.15, 0.2) is 0 Å². The SMILES string of the molecule is Cc1ccc(S(=O)(=O)N(CCC(=O)Nc2ccnn2C(C)C)c2ccccc2)cc1. The molecule has 3 rings (SSSR count). The van der Waals surface area contributed by atoms with Crippen LogP contribution in [0.1, 0.15) is 31.9 Å². The fourth-order valence-corrected chi connectivity index (χ4v) is 4.52. The van der Waals surface area contributed by atoms with E-state index in [1.54, 1.807) is 65.5 Å². The Morgan fingerprint density at radius 3 is 2.37 bits per heavy atom. The van der Waals surface area contributed by atoms with Gasteiger partial charge in [-0.2, -0.15) is 5.10 Å². The van der Waals surface area contributed by atoms with Crippen LogP contribution in [0.4, 0.5) is 11.5 Å². The number of para-hydroxylation sites is 1. The average molecular weight is 427 g/mol. The molecule has 8 heteroatoms. The predicted molar refractivity (Wildman–Crippen MR) is 118 cm³/mol. The molecule has 0 radical (unpaired) electrons. The molecular weight excluding hydrogens is 400 g/mol. The molecule has 0 aliphatic heterocycles. The first kappa shape index (κ1) is 21.6. The summed E-state index contributed by atoms with van der Waals surface area (Å²) < 4.78 is 29.6. The largest absolute Gasteiger partial charge is 0.311 e. The van der Waals surface area contributed by atoms with Crippen molar-refractivity contribution >= 4 is 27.4 Å². The van der Waals surface area contributed by atoms with Crippen molar-refractivity contribution in [2.75, 3.05) is 16.2 Å². The van der Waals surface area contributed by atoms with Crippen molar-refractivity contribution < 1.29 is 13.2 Å². The first-order valence-electron chi connectivity index (χ1n) is 9.77. The summed E-state index contributed by atoms with van der Waals surface area (Å²) in [5.74, 6) is 0.306. The van der Waals surface area contributed by atoms with Crippen LogP contribution >= 0.6 is 0 Å². The summed E-state index contributed by atoms with van der Waals surface area (Å²) in [6.45, 7) is 5.85. The first-order chi connectivity index (χ1) is 14.3. The van der Waals surface area contributed by atoms with Crippen LogP contribution in [0, 0.1) is 6.92 Å². The van der Waals surface area contributed by atoms with Crippen LogP contribution in [0.15, 0.2) is 71.8 Å². The fourth-order valence-electron chi connectivity index (χ4n) is 3.05. The summed E-state index contributed by atoms with van der Waals surface area (Å²) in [5, 5.41) is 7.01. The lowest BCUT2D eigenvalue weighted by molar-refractivity contribution is -0.116. The molecule has 3 aromatic rings. The topological polar surface area (TPSA) is 84.3 Å². The minimum absolute atomic E-state index is 0.00323. The van der Waals surface area contributed by atoms with Gasteiger partial charge in [0.2, 0.25) is 5.91 Å². The Balaban J connectivity index is 1.81. The van der Waals surface area contributed by atoms with E-state index < -0.39 is 10.0 Å². The van der Waals surface area contributed by atoms with Gasteiger partial charge < -0.3 is 5.32 Å². The van der Waals surface area contributed by atoms with Gasteiger partial charge in [-0.05, 0) is 45.0 Å². The van der Waals surface area contributed by atoms with Crippen LogP contribution in [0.3, 0.4) is 0 Å². The van der Waals surface area contributed by atoms with Gasteiger partial charge in [-0.3, -0.25) is 9.10 Å². The molecule has 1 heterocycles. The monoisotopic (exact) mass is 426 g/mol. The summed E-state index contributed by atoms with van der Waals surface area (Å²) in [4.78, 5) is 12.7. The van der Waals surface area contributed by atoms with Crippen molar-refractivity contribution in [3.8, 4) is 0 Å². The molecule has 0 spiro atoms. The van der Waals surface area contributed by atoms with Gasteiger partial charge in [0, 0.05) is 25.1 Å². The Labute approximate surface area is 177 Å². The smallest absolute Gasteiger partial charge is 0.264 e. The minimum Gasteiger partial charge on any atom is -0.311 e. The molecule has 0 saturated heterocycles. The van der Waals surface area contributed by atoms with Crippen molar-refractivity contribution in [1.82, 2.24) is 9.78 Å². The van der Waals surface area contributed by atoms with Gasteiger partial charge in [-0.1, -0.05) is 35.9 Å². The molecular formula is C22H26N4O3S. The summed E-state index contributed by atoms with van der Waals surface area (Å²) in [6.07, 6.45) is 1.62. The Morgan fingerprint density at radius 1 is 1.07 bits per heavy atom. The van der Waals surface area contributed by atoms with Crippen molar-refractivity contribution in [3.63, 3.8) is 0 Å². The molecule has 1 N–H and O–H groups in total. The van der Waals surface area contributed by atoms with Crippen molar-refractivity contribution in [2.45, 2.75) is 38.1 Å². The molecule has 0 aliphatic carbocycles. The fraction of sp³-hybridized carbons (Fsp3) is 0.273. The molecule has 0 atom stereocenters. The molecule has 0 bridgehead atoms. The molecule has 30 heavy (non-hydrogen) atoms. The molecule has 2 aromatic carbocycles. The zero-order valence-electron chi connectivity index (χ0n) is 17.3. The lowest BCUT2D eigenvalue weighted by atomic mass is 10.2. The third kappa shape index (κ3) is 4.88. The summed E-state index contributed by atoms with van der Waals surface area (Å²) in [7, 11) is -3.81. The molecule has 158 valence electrons. The number of nitrogens with one attached hydrogen (secondary N) is 1. The number of anilines is 2. The zero-order chi connectivity index (χ0) is 21.7. The summed E-state index contributed by atoms with van der Waals surface area (Å²) in [6, 6.07) is 17.3. The predicted octanol–water partition coefficient (Wildman–Crippen LogP) is 4.00. The standard InChI is InChI=1S/C22H26N4O3S/c1-17(2)26-21(13-15-23-26)24-22(27)14-16-25(19-7-5-4-6-8-19)30(28,29)20-11-9-18(3)10-12-20/h4-13,15,17H,14,16H2,1-3H3,(H,24,27). The van der Waals surface area contributed by atoms with Gasteiger partial charge in [0.25, 0.3) is 10.0 Å². The van der Waals surface area contributed by atoms with Gasteiger partial charge >= 0.3 is 0 Å². The maximum absolute atomic E-state index is 13.3. The van der Waals surface area contributed by atoms with Gasteiger partial charge in [-0.15, -0.1) is 0 Å². The average Bonchev–Trinajstić information content (AvgIpc) is 3.17.